The number of nitrogens with zero attached hydrogens (tertiary/aromatic N) is 1. The molecule has 2 nitrogen and oxygen atoms in total. The Labute approximate surface area is 113 Å². The third-order valence-electron chi connectivity index (χ3n) is 3.03. The molecule has 17 heavy (non-hydrogen) atoms. The Morgan fingerprint density at radius 1 is 1.24 bits per heavy atom. The van der Waals surface area contributed by atoms with E-state index in [2.05, 4.69) is 24.1 Å². The van der Waals surface area contributed by atoms with Gasteiger partial charge in [-0.15, -0.1) is 0 Å². The zero-order chi connectivity index (χ0) is 12.4. The molecule has 2 rings (SSSR count). The van der Waals surface area contributed by atoms with Gasteiger partial charge in [-0.2, -0.15) is 0 Å². The van der Waals surface area contributed by atoms with Gasteiger partial charge in [0.1, 0.15) is 0 Å². The van der Waals surface area contributed by atoms with E-state index in [-0.39, 0.29) is 0 Å². The topological polar surface area (TPSA) is 15.3 Å². The first-order valence-electron chi connectivity index (χ1n) is 5.97. The number of hydrogen-bond donors (Lipinski definition) is 1. The molecular weight excluding hydrogens is 255 g/mol. The fraction of sp³-hybridized carbons (Fsp3) is 0.538. The van der Waals surface area contributed by atoms with Gasteiger partial charge in [-0.3, -0.25) is 4.90 Å². The zero-order valence-electron chi connectivity index (χ0n) is 10.2. The molecule has 0 radical (unpaired) electrons. The normalized spacial score (nSPS) is 26.1. The molecule has 2 atom stereocenters. The van der Waals surface area contributed by atoms with Gasteiger partial charge in [0.15, 0.2) is 0 Å². The predicted molar refractivity (Wildman–Crippen MR) is 73.8 cm³/mol. The average Bonchev–Trinajstić information content (AvgIpc) is 2.22. The lowest BCUT2D eigenvalue weighted by Gasteiger charge is -2.36. The molecule has 1 aromatic carbocycles. The van der Waals surface area contributed by atoms with Crippen molar-refractivity contribution in [1.29, 1.82) is 0 Å². The van der Waals surface area contributed by atoms with Gasteiger partial charge in [0.05, 0.1) is 0 Å². The van der Waals surface area contributed by atoms with Crippen LogP contribution in [-0.4, -0.2) is 30.1 Å². The quantitative estimate of drug-likeness (QED) is 0.890. The highest BCUT2D eigenvalue weighted by molar-refractivity contribution is 6.33. The van der Waals surface area contributed by atoms with Gasteiger partial charge in [0, 0.05) is 41.8 Å². The first kappa shape index (κ1) is 13.2. The maximum Gasteiger partial charge on any atom is 0.0452 e. The van der Waals surface area contributed by atoms with E-state index >= 15 is 0 Å². The molecule has 2 unspecified atom stereocenters. The summed E-state index contributed by atoms with van der Waals surface area (Å²) in [6.45, 7) is 7.39. The molecule has 1 N–H and O–H groups in total. The van der Waals surface area contributed by atoms with Crippen molar-refractivity contribution in [2.24, 2.45) is 0 Å². The third kappa shape index (κ3) is 3.59. The number of piperazine rings is 1. The summed E-state index contributed by atoms with van der Waals surface area (Å²) in [5.41, 5.74) is 1.11. The molecule has 1 aliphatic heterocycles. The van der Waals surface area contributed by atoms with Crippen LogP contribution in [0.15, 0.2) is 18.2 Å². The van der Waals surface area contributed by atoms with Gasteiger partial charge in [-0.1, -0.05) is 23.2 Å². The lowest BCUT2D eigenvalue weighted by molar-refractivity contribution is 0.166. The Kier molecular flexibility index (Phi) is 4.31. The van der Waals surface area contributed by atoms with E-state index in [9.17, 15) is 0 Å². The maximum atomic E-state index is 6.19. The minimum Gasteiger partial charge on any atom is -0.309 e. The Morgan fingerprint density at radius 3 is 2.53 bits per heavy atom. The van der Waals surface area contributed by atoms with Crippen molar-refractivity contribution < 1.29 is 0 Å². The third-order valence-corrected chi connectivity index (χ3v) is 3.64. The van der Waals surface area contributed by atoms with Crippen LogP contribution in [0, 0.1) is 0 Å². The number of hydrogen-bond acceptors (Lipinski definition) is 2. The number of halogens is 2. The van der Waals surface area contributed by atoms with Crippen LogP contribution in [-0.2, 0) is 6.54 Å². The number of nitrogens with one attached hydrogen (secondary N) is 1. The highest BCUT2D eigenvalue weighted by Crippen LogP contribution is 2.22. The summed E-state index contributed by atoms with van der Waals surface area (Å²) in [5, 5.41) is 5.07. The standard InChI is InChI=1S/C13H18Cl2N2/c1-9-6-17(7-10(2)16-9)8-11-5-12(14)3-4-13(11)15/h3-5,9-10,16H,6-8H2,1-2H3. The van der Waals surface area contributed by atoms with Crippen molar-refractivity contribution in [2.45, 2.75) is 32.5 Å². The first-order valence-corrected chi connectivity index (χ1v) is 6.72. The molecule has 0 aliphatic carbocycles. The SMILES string of the molecule is CC1CN(Cc2cc(Cl)ccc2Cl)CC(C)N1. The van der Waals surface area contributed by atoms with Gasteiger partial charge in [0.2, 0.25) is 0 Å². The van der Waals surface area contributed by atoms with Crippen molar-refractivity contribution in [1.82, 2.24) is 10.2 Å². The fourth-order valence-electron chi connectivity index (χ4n) is 2.47. The molecule has 0 aromatic heterocycles. The van der Waals surface area contributed by atoms with Crippen LogP contribution < -0.4 is 5.32 Å². The molecule has 0 saturated carbocycles. The summed E-state index contributed by atoms with van der Waals surface area (Å²) >= 11 is 12.2. The largest absolute Gasteiger partial charge is 0.309 e. The molecule has 94 valence electrons. The highest BCUT2D eigenvalue weighted by atomic mass is 35.5. The maximum absolute atomic E-state index is 6.19. The van der Waals surface area contributed by atoms with Crippen LogP contribution in [0.25, 0.3) is 0 Å². The molecule has 1 saturated heterocycles. The van der Waals surface area contributed by atoms with Crippen LogP contribution in [0.5, 0.6) is 0 Å². The number of benzene rings is 1. The minimum atomic E-state index is 0.525. The minimum absolute atomic E-state index is 0.525. The van der Waals surface area contributed by atoms with Crippen LogP contribution in [0.1, 0.15) is 19.4 Å². The molecule has 1 aliphatic rings. The summed E-state index contributed by atoms with van der Waals surface area (Å²) < 4.78 is 0. The van der Waals surface area contributed by atoms with Crippen molar-refractivity contribution in [3.05, 3.63) is 33.8 Å². The summed E-state index contributed by atoms with van der Waals surface area (Å²) in [5.74, 6) is 0. The highest BCUT2D eigenvalue weighted by Gasteiger charge is 2.21. The summed E-state index contributed by atoms with van der Waals surface area (Å²) in [6, 6.07) is 6.71. The molecule has 4 heteroatoms. The summed E-state index contributed by atoms with van der Waals surface area (Å²) in [6.07, 6.45) is 0. The van der Waals surface area contributed by atoms with E-state index in [1.165, 1.54) is 0 Å². The van der Waals surface area contributed by atoms with Crippen LogP contribution >= 0.6 is 23.2 Å². The van der Waals surface area contributed by atoms with Gasteiger partial charge < -0.3 is 5.32 Å². The van der Waals surface area contributed by atoms with Crippen LogP contribution in [0.4, 0.5) is 0 Å². The lowest BCUT2D eigenvalue weighted by Crippen LogP contribution is -2.53. The van der Waals surface area contributed by atoms with Crippen molar-refractivity contribution in [2.75, 3.05) is 13.1 Å². The van der Waals surface area contributed by atoms with Crippen molar-refractivity contribution in [3.8, 4) is 0 Å². The molecule has 1 heterocycles. The molecular formula is C13H18Cl2N2. The molecule has 0 bridgehead atoms. The van der Waals surface area contributed by atoms with E-state index < -0.39 is 0 Å². The second-order valence-electron chi connectivity index (χ2n) is 4.90. The second kappa shape index (κ2) is 5.57. The summed E-state index contributed by atoms with van der Waals surface area (Å²) in [7, 11) is 0. The van der Waals surface area contributed by atoms with Crippen molar-refractivity contribution in [3.63, 3.8) is 0 Å². The van der Waals surface area contributed by atoms with Crippen molar-refractivity contribution >= 4 is 23.2 Å². The predicted octanol–water partition coefficient (Wildman–Crippen LogP) is 3.18. The van der Waals surface area contributed by atoms with Gasteiger partial charge >= 0.3 is 0 Å². The number of rotatable bonds is 2. The fourth-order valence-corrected chi connectivity index (χ4v) is 2.85. The molecule has 1 fully saturated rings. The Morgan fingerprint density at radius 2 is 1.88 bits per heavy atom. The van der Waals surface area contributed by atoms with Gasteiger partial charge in [-0.05, 0) is 37.6 Å². The lowest BCUT2D eigenvalue weighted by atomic mass is 10.1. The van der Waals surface area contributed by atoms with Gasteiger partial charge in [0.25, 0.3) is 0 Å². The molecule has 0 amide bonds. The Balaban J connectivity index is 2.07. The molecule has 1 aromatic rings. The second-order valence-corrected chi connectivity index (χ2v) is 5.74. The zero-order valence-corrected chi connectivity index (χ0v) is 11.7. The average molecular weight is 273 g/mol. The monoisotopic (exact) mass is 272 g/mol. The summed E-state index contributed by atoms with van der Waals surface area (Å²) in [4.78, 5) is 2.42. The van der Waals surface area contributed by atoms with E-state index in [0.717, 1.165) is 35.2 Å². The smallest absolute Gasteiger partial charge is 0.0452 e. The Hall–Kier alpha value is -0.280. The van der Waals surface area contributed by atoms with E-state index in [4.69, 9.17) is 23.2 Å². The van der Waals surface area contributed by atoms with Crippen LogP contribution in [0.2, 0.25) is 10.0 Å². The Bertz CT molecular complexity index is 385. The van der Waals surface area contributed by atoms with E-state index in [1.807, 2.05) is 18.2 Å². The van der Waals surface area contributed by atoms with Gasteiger partial charge in [-0.25, -0.2) is 0 Å². The van der Waals surface area contributed by atoms with E-state index in [1.54, 1.807) is 0 Å². The van der Waals surface area contributed by atoms with Crippen LogP contribution in [0.3, 0.4) is 0 Å². The molecule has 0 spiro atoms. The first-order chi connectivity index (χ1) is 8.04. The van der Waals surface area contributed by atoms with E-state index in [0.29, 0.717) is 12.1 Å².